The van der Waals surface area contributed by atoms with Gasteiger partial charge in [-0.2, -0.15) is 11.3 Å². The van der Waals surface area contributed by atoms with Crippen LogP contribution in [-0.4, -0.2) is 42.4 Å². The van der Waals surface area contributed by atoms with Gasteiger partial charge < -0.3 is 15.2 Å². The second-order valence-corrected chi connectivity index (χ2v) is 7.61. The second-order valence-electron chi connectivity index (χ2n) is 6.02. The molecule has 21 heavy (non-hydrogen) atoms. The molecule has 0 saturated carbocycles. The maximum Gasteiger partial charge on any atom is 0.410 e. The molecule has 1 aliphatic heterocycles. The average molecular weight is 377 g/mol. The highest BCUT2D eigenvalue weighted by molar-refractivity contribution is 9.10. The van der Waals surface area contributed by atoms with Crippen LogP contribution in [0.3, 0.4) is 0 Å². The van der Waals surface area contributed by atoms with Gasteiger partial charge in [0, 0.05) is 16.4 Å². The lowest BCUT2D eigenvalue weighted by Crippen LogP contribution is -2.54. The Labute approximate surface area is 137 Å². The molecule has 2 heterocycles. The van der Waals surface area contributed by atoms with E-state index in [0.717, 1.165) is 10.0 Å². The molecule has 0 radical (unpaired) electrons. The number of ether oxygens (including phenoxy) is 2. The van der Waals surface area contributed by atoms with Crippen molar-refractivity contribution in [1.82, 2.24) is 4.90 Å². The summed E-state index contributed by atoms with van der Waals surface area (Å²) in [5.41, 5.74) is 6.82. The molecule has 1 aromatic heterocycles. The molecule has 0 spiro atoms. The Kier molecular flexibility index (Phi) is 5.29. The van der Waals surface area contributed by atoms with Crippen LogP contribution in [0.25, 0.3) is 0 Å². The van der Waals surface area contributed by atoms with Gasteiger partial charge in [-0.15, -0.1) is 0 Å². The fourth-order valence-electron chi connectivity index (χ4n) is 2.20. The minimum Gasteiger partial charge on any atom is -0.444 e. The zero-order chi connectivity index (χ0) is 15.6. The molecule has 1 aromatic rings. The number of morpholine rings is 1. The van der Waals surface area contributed by atoms with E-state index in [1.165, 1.54) is 0 Å². The van der Waals surface area contributed by atoms with E-state index >= 15 is 0 Å². The molecule has 1 fully saturated rings. The summed E-state index contributed by atoms with van der Waals surface area (Å²) in [6, 6.07) is -0.530. The minimum atomic E-state index is -0.521. The Morgan fingerprint density at radius 2 is 2.29 bits per heavy atom. The number of nitrogens with two attached hydrogens (primary N) is 1. The van der Waals surface area contributed by atoms with Crippen molar-refractivity contribution in [2.45, 2.75) is 38.5 Å². The molecule has 0 aromatic carbocycles. The van der Waals surface area contributed by atoms with E-state index in [1.54, 1.807) is 16.2 Å². The van der Waals surface area contributed by atoms with Crippen LogP contribution in [0.2, 0.25) is 0 Å². The number of carbonyl (C=O) groups is 1. The molecule has 2 N–H and O–H groups in total. The maximum absolute atomic E-state index is 12.4. The van der Waals surface area contributed by atoms with Gasteiger partial charge in [0.05, 0.1) is 25.3 Å². The number of thiophene rings is 1. The smallest absolute Gasteiger partial charge is 0.410 e. The van der Waals surface area contributed by atoms with Gasteiger partial charge in [-0.1, -0.05) is 0 Å². The molecule has 0 aliphatic carbocycles. The van der Waals surface area contributed by atoms with Gasteiger partial charge in [-0.05, 0) is 47.6 Å². The maximum atomic E-state index is 12.4. The van der Waals surface area contributed by atoms with Crippen LogP contribution < -0.4 is 5.73 Å². The molecule has 118 valence electrons. The number of halogens is 1. The van der Waals surface area contributed by atoms with Crippen LogP contribution in [0.4, 0.5) is 4.79 Å². The lowest BCUT2D eigenvalue weighted by atomic mass is 10.0. The van der Waals surface area contributed by atoms with E-state index in [9.17, 15) is 4.79 Å². The largest absolute Gasteiger partial charge is 0.444 e. The van der Waals surface area contributed by atoms with Crippen LogP contribution in [0.15, 0.2) is 15.2 Å². The van der Waals surface area contributed by atoms with E-state index in [4.69, 9.17) is 15.2 Å². The van der Waals surface area contributed by atoms with E-state index in [0.29, 0.717) is 19.8 Å². The van der Waals surface area contributed by atoms with E-state index in [2.05, 4.69) is 15.9 Å². The Morgan fingerprint density at radius 3 is 2.86 bits per heavy atom. The van der Waals surface area contributed by atoms with Gasteiger partial charge >= 0.3 is 6.09 Å². The van der Waals surface area contributed by atoms with Crippen molar-refractivity contribution in [3.8, 4) is 0 Å². The Balaban J connectivity index is 2.15. The standard InChI is InChI=1S/C14H21BrN2O3S/c1-14(2,3)20-13(18)17-4-5-19-6-11(17)12(16)9-7-21-8-10(9)15/h7-8,11-12H,4-6,16H2,1-3H3. The van der Waals surface area contributed by atoms with Crippen LogP contribution in [0.1, 0.15) is 32.4 Å². The van der Waals surface area contributed by atoms with Crippen molar-refractivity contribution in [1.29, 1.82) is 0 Å². The summed E-state index contributed by atoms with van der Waals surface area (Å²) < 4.78 is 11.9. The van der Waals surface area contributed by atoms with Crippen molar-refractivity contribution >= 4 is 33.4 Å². The number of amides is 1. The summed E-state index contributed by atoms with van der Waals surface area (Å²) in [7, 11) is 0. The first-order valence-electron chi connectivity index (χ1n) is 6.84. The van der Waals surface area contributed by atoms with E-state index in [1.807, 2.05) is 31.5 Å². The van der Waals surface area contributed by atoms with Gasteiger partial charge in [-0.3, -0.25) is 4.90 Å². The summed E-state index contributed by atoms with van der Waals surface area (Å²) in [6.07, 6.45) is -0.336. The molecule has 2 unspecified atom stereocenters. The summed E-state index contributed by atoms with van der Waals surface area (Å²) >= 11 is 5.07. The fourth-order valence-corrected chi connectivity index (χ4v) is 3.81. The molecule has 7 heteroatoms. The molecule has 1 amide bonds. The lowest BCUT2D eigenvalue weighted by Gasteiger charge is -2.39. The van der Waals surface area contributed by atoms with Crippen molar-refractivity contribution in [3.05, 3.63) is 20.8 Å². The molecule has 1 aliphatic rings. The van der Waals surface area contributed by atoms with Crippen LogP contribution in [-0.2, 0) is 9.47 Å². The van der Waals surface area contributed by atoms with Gasteiger partial charge in [0.2, 0.25) is 0 Å². The predicted molar refractivity (Wildman–Crippen MR) is 86.5 cm³/mol. The average Bonchev–Trinajstić information content (AvgIpc) is 2.82. The number of carbonyl (C=O) groups excluding carboxylic acids is 1. The third-order valence-corrected chi connectivity index (χ3v) is 4.96. The highest BCUT2D eigenvalue weighted by Crippen LogP contribution is 2.31. The quantitative estimate of drug-likeness (QED) is 0.860. The number of nitrogens with zero attached hydrogens (tertiary/aromatic N) is 1. The number of hydrogen-bond acceptors (Lipinski definition) is 5. The predicted octanol–water partition coefficient (Wildman–Crippen LogP) is 3.15. The number of rotatable bonds is 2. The Hall–Kier alpha value is -0.630. The highest BCUT2D eigenvalue weighted by atomic mass is 79.9. The molecular weight excluding hydrogens is 356 g/mol. The first-order chi connectivity index (χ1) is 9.79. The monoisotopic (exact) mass is 376 g/mol. The lowest BCUT2D eigenvalue weighted by molar-refractivity contribution is -0.0382. The Morgan fingerprint density at radius 1 is 1.57 bits per heavy atom. The third-order valence-electron chi connectivity index (χ3n) is 3.21. The molecule has 5 nitrogen and oxygen atoms in total. The second kappa shape index (κ2) is 6.64. The zero-order valence-electron chi connectivity index (χ0n) is 12.5. The first-order valence-corrected chi connectivity index (χ1v) is 8.57. The fraction of sp³-hybridized carbons (Fsp3) is 0.643. The molecule has 0 bridgehead atoms. The Bertz CT molecular complexity index is 501. The van der Waals surface area contributed by atoms with Crippen molar-refractivity contribution in [2.24, 2.45) is 5.73 Å². The van der Waals surface area contributed by atoms with Gasteiger partial charge in [0.25, 0.3) is 0 Å². The summed E-state index contributed by atoms with van der Waals surface area (Å²) in [5.74, 6) is 0. The summed E-state index contributed by atoms with van der Waals surface area (Å²) in [6.45, 7) is 6.99. The van der Waals surface area contributed by atoms with E-state index in [-0.39, 0.29) is 18.2 Å². The minimum absolute atomic E-state index is 0.223. The molecular formula is C14H21BrN2O3S. The SMILES string of the molecule is CC(C)(C)OC(=O)N1CCOCC1C(N)c1cscc1Br. The summed E-state index contributed by atoms with van der Waals surface area (Å²) in [4.78, 5) is 14.1. The molecule has 2 atom stereocenters. The van der Waals surface area contributed by atoms with Crippen LogP contribution in [0.5, 0.6) is 0 Å². The van der Waals surface area contributed by atoms with Crippen molar-refractivity contribution in [3.63, 3.8) is 0 Å². The van der Waals surface area contributed by atoms with Crippen molar-refractivity contribution < 1.29 is 14.3 Å². The third kappa shape index (κ3) is 4.18. The normalized spacial score (nSPS) is 21.2. The van der Waals surface area contributed by atoms with Crippen LogP contribution >= 0.6 is 27.3 Å². The molecule has 2 rings (SSSR count). The van der Waals surface area contributed by atoms with Gasteiger partial charge in [0.15, 0.2) is 0 Å². The topological polar surface area (TPSA) is 64.8 Å². The van der Waals surface area contributed by atoms with E-state index < -0.39 is 5.60 Å². The molecule has 1 saturated heterocycles. The van der Waals surface area contributed by atoms with Gasteiger partial charge in [-0.25, -0.2) is 4.79 Å². The number of hydrogen-bond donors (Lipinski definition) is 1. The highest BCUT2D eigenvalue weighted by Gasteiger charge is 2.35. The van der Waals surface area contributed by atoms with Crippen molar-refractivity contribution in [2.75, 3.05) is 19.8 Å². The first kappa shape index (κ1) is 16.7. The zero-order valence-corrected chi connectivity index (χ0v) is 14.9. The van der Waals surface area contributed by atoms with Crippen LogP contribution in [0, 0.1) is 0 Å². The summed E-state index contributed by atoms with van der Waals surface area (Å²) in [5, 5.41) is 3.98. The van der Waals surface area contributed by atoms with Gasteiger partial charge in [0.1, 0.15) is 5.60 Å².